The summed E-state index contributed by atoms with van der Waals surface area (Å²) < 4.78 is 13.2. The Hall–Kier alpha value is -1.56. The van der Waals surface area contributed by atoms with Gasteiger partial charge in [-0.3, -0.25) is 9.59 Å². The number of likely N-dealkylation sites (N-methyl/N-ethyl adjacent to an activating group) is 1. The second kappa shape index (κ2) is 8.70. The van der Waals surface area contributed by atoms with E-state index in [2.05, 4.69) is 0 Å². The lowest BCUT2D eigenvalue weighted by atomic mass is 10.1. The molecule has 1 fully saturated rings. The highest BCUT2D eigenvalue weighted by Crippen LogP contribution is 2.43. The molecule has 0 N–H and O–H groups in total. The van der Waals surface area contributed by atoms with Gasteiger partial charge in [0.15, 0.2) is 0 Å². The molecule has 0 aliphatic carbocycles. The van der Waals surface area contributed by atoms with Gasteiger partial charge < -0.3 is 9.80 Å². The minimum absolute atomic E-state index is 0.0771. The Morgan fingerprint density at radius 1 is 1.32 bits per heavy atom. The van der Waals surface area contributed by atoms with Crippen LogP contribution in [0.1, 0.15) is 44.6 Å². The van der Waals surface area contributed by atoms with E-state index in [1.54, 1.807) is 35.8 Å². The Morgan fingerprint density at radius 2 is 1.96 bits per heavy atom. The number of nitrogens with zero attached hydrogens (tertiary/aromatic N) is 2. The van der Waals surface area contributed by atoms with Gasteiger partial charge in [-0.15, -0.1) is 11.8 Å². The summed E-state index contributed by atoms with van der Waals surface area (Å²) in [5.41, 5.74) is 0.923. The van der Waals surface area contributed by atoms with Crippen molar-refractivity contribution in [3.63, 3.8) is 0 Å². The zero-order valence-electron chi connectivity index (χ0n) is 15.4. The molecule has 1 saturated heterocycles. The standard InChI is InChI=1S/C19H27FN2O2S/c1-5-16-18(24)22(11-10-21(4)17(23)12-13(2)3)19(25-16)14-6-8-15(20)9-7-14/h6-9,13,16,19H,5,10-12H2,1-4H3/t16-,19+/m1/s1. The van der Waals surface area contributed by atoms with Crippen LogP contribution in [-0.2, 0) is 9.59 Å². The first-order valence-electron chi connectivity index (χ1n) is 8.78. The van der Waals surface area contributed by atoms with Gasteiger partial charge in [-0.1, -0.05) is 32.9 Å². The summed E-state index contributed by atoms with van der Waals surface area (Å²) in [6.07, 6.45) is 1.28. The molecule has 1 aliphatic rings. The fourth-order valence-corrected chi connectivity index (χ4v) is 4.29. The number of carbonyl (C=O) groups excluding carboxylic acids is 2. The van der Waals surface area contributed by atoms with E-state index in [-0.39, 0.29) is 28.3 Å². The van der Waals surface area contributed by atoms with Crippen LogP contribution in [0.25, 0.3) is 0 Å². The molecular formula is C19H27FN2O2S. The molecule has 2 atom stereocenters. The molecule has 0 spiro atoms. The SMILES string of the molecule is CC[C@H]1S[C@@H](c2ccc(F)cc2)N(CCN(C)C(=O)CC(C)C)C1=O. The average molecular weight is 367 g/mol. The van der Waals surface area contributed by atoms with Crippen molar-refractivity contribution < 1.29 is 14.0 Å². The molecule has 1 aromatic rings. The molecule has 6 heteroatoms. The summed E-state index contributed by atoms with van der Waals surface area (Å²) in [7, 11) is 1.78. The fraction of sp³-hybridized carbons (Fsp3) is 0.579. The molecule has 1 heterocycles. The predicted octanol–water partition coefficient (Wildman–Crippen LogP) is 3.68. The summed E-state index contributed by atoms with van der Waals surface area (Å²) in [5, 5.41) is -0.196. The number of thioether (sulfide) groups is 1. The third-order valence-electron chi connectivity index (χ3n) is 4.35. The van der Waals surface area contributed by atoms with E-state index in [0.717, 1.165) is 12.0 Å². The molecule has 0 bridgehead atoms. The van der Waals surface area contributed by atoms with Crippen molar-refractivity contribution in [2.24, 2.45) is 5.92 Å². The maximum Gasteiger partial charge on any atom is 0.237 e. The molecule has 2 rings (SSSR count). The van der Waals surface area contributed by atoms with E-state index in [9.17, 15) is 14.0 Å². The highest BCUT2D eigenvalue weighted by molar-refractivity contribution is 8.01. The number of amides is 2. The van der Waals surface area contributed by atoms with E-state index in [0.29, 0.717) is 25.4 Å². The lowest BCUT2D eigenvalue weighted by Gasteiger charge is -2.27. The van der Waals surface area contributed by atoms with Gasteiger partial charge in [0, 0.05) is 26.6 Å². The Balaban J connectivity index is 2.07. The Labute approximate surface area is 153 Å². The van der Waals surface area contributed by atoms with Gasteiger partial charge in [0.25, 0.3) is 0 Å². The smallest absolute Gasteiger partial charge is 0.237 e. The predicted molar refractivity (Wildman–Crippen MR) is 99.6 cm³/mol. The second-order valence-corrected chi connectivity index (χ2v) is 8.17. The molecule has 1 aliphatic heterocycles. The zero-order chi connectivity index (χ0) is 18.6. The van der Waals surface area contributed by atoms with Crippen LogP contribution >= 0.6 is 11.8 Å². The third-order valence-corrected chi connectivity index (χ3v) is 5.99. The highest BCUT2D eigenvalue weighted by atomic mass is 32.2. The van der Waals surface area contributed by atoms with Crippen molar-refractivity contribution in [3.8, 4) is 0 Å². The van der Waals surface area contributed by atoms with Gasteiger partial charge in [0.05, 0.1) is 5.25 Å². The molecule has 4 nitrogen and oxygen atoms in total. The maximum absolute atomic E-state index is 13.2. The lowest BCUT2D eigenvalue weighted by molar-refractivity contribution is -0.134. The van der Waals surface area contributed by atoms with Crippen molar-refractivity contribution in [3.05, 3.63) is 35.6 Å². The average Bonchev–Trinajstić information content (AvgIpc) is 2.88. The monoisotopic (exact) mass is 366 g/mol. The summed E-state index contributed by atoms with van der Waals surface area (Å²) >= 11 is 1.61. The van der Waals surface area contributed by atoms with E-state index < -0.39 is 0 Å². The zero-order valence-corrected chi connectivity index (χ0v) is 16.2. The van der Waals surface area contributed by atoms with Gasteiger partial charge in [-0.05, 0) is 30.0 Å². The molecule has 138 valence electrons. The first-order valence-corrected chi connectivity index (χ1v) is 9.73. The normalized spacial score (nSPS) is 20.4. The number of halogens is 1. The van der Waals surface area contributed by atoms with Gasteiger partial charge in [0.1, 0.15) is 11.2 Å². The van der Waals surface area contributed by atoms with E-state index in [1.165, 1.54) is 12.1 Å². The molecule has 25 heavy (non-hydrogen) atoms. The van der Waals surface area contributed by atoms with Crippen LogP contribution in [0.15, 0.2) is 24.3 Å². The Kier molecular flexibility index (Phi) is 6.87. The van der Waals surface area contributed by atoms with Gasteiger partial charge in [-0.2, -0.15) is 0 Å². The molecule has 0 saturated carbocycles. The first-order chi connectivity index (χ1) is 11.8. The number of rotatable bonds is 7. The topological polar surface area (TPSA) is 40.6 Å². The van der Waals surface area contributed by atoms with Crippen molar-refractivity contribution in [1.82, 2.24) is 9.80 Å². The van der Waals surface area contributed by atoms with Gasteiger partial charge in [0.2, 0.25) is 11.8 Å². The van der Waals surface area contributed by atoms with Gasteiger partial charge in [-0.25, -0.2) is 4.39 Å². The van der Waals surface area contributed by atoms with Crippen molar-refractivity contribution in [2.75, 3.05) is 20.1 Å². The number of benzene rings is 1. The summed E-state index contributed by atoms with van der Waals surface area (Å²) in [4.78, 5) is 28.3. The molecule has 0 unspecified atom stereocenters. The second-order valence-electron chi connectivity index (χ2n) is 6.88. The minimum atomic E-state index is -0.282. The van der Waals surface area contributed by atoms with Crippen LogP contribution in [0.4, 0.5) is 4.39 Å². The van der Waals surface area contributed by atoms with Crippen molar-refractivity contribution in [1.29, 1.82) is 0 Å². The summed E-state index contributed by atoms with van der Waals surface area (Å²) in [6.45, 7) is 7.03. The highest BCUT2D eigenvalue weighted by Gasteiger charge is 2.39. The number of carbonyl (C=O) groups is 2. The van der Waals surface area contributed by atoms with Crippen LogP contribution in [0.2, 0.25) is 0 Å². The third kappa shape index (κ3) is 4.97. The van der Waals surface area contributed by atoms with E-state index in [4.69, 9.17) is 0 Å². The molecule has 0 aromatic heterocycles. The van der Waals surface area contributed by atoms with Gasteiger partial charge >= 0.3 is 0 Å². The van der Waals surface area contributed by atoms with Crippen LogP contribution in [-0.4, -0.2) is 47.0 Å². The number of hydrogen-bond acceptors (Lipinski definition) is 3. The summed E-state index contributed by atoms with van der Waals surface area (Å²) in [5.74, 6) is 0.234. The molecule has 0 radical (unpaired) electrons. The molecular weight excluding hydrogens is 339 g/mol. The minimum Gasteiger partial charge on any atom is -0.344 e. The van der Waals surface area contributed by atoms with Crippen molar-refractivity contribution >= 4 is 23.6 Å². The maximum atomic E-state index is 13.2. The number of hydrogen-bond donors (Lipinski definition) is 0. The Morgan fingerprint density at radius 3 is 2.52 bits per heavy atom. The largest absolute Gasteiger partial charge is 0.344 e. The summed E-state index contributed by atoms with van der Waals surface area (Å²) in [6, 6.07) is 6.32. The van der Waals surface area contributed by atoms with Crippen LogP contribution in [0.3, 0.4) is 0 Å². The van der Waals surface area contributed by atoms with Crippen LogP contribution in [0, 0.1) is 11.7 Å². The Bertz CT molecular complexity index is 606. The lowest BCUT2D eigenvalue weighted by Crippen LogP contribution is -2.39. The van der Waals surface area contributed by atoms with E-state index >= 15 is 0 Å². The first kappa shape index (κ1) is 19.8. The van der Waals surface area contributed by atoms with Crippen molar-refractivity contribution in [2.45, 2.75) is 44.2 Å². The fourth-order valence-electron chi connectivity index (χ4n) is 2.86. The quantitative estimate of drug-likeness (QED) is 0.739. The molecule has 2 amide bonds. The van der Waals surface area contributed by atoms with Crippen LogP contribution in [0.5, 0.6) is 0 Å². The van der Waals surface area contributed by atoms with E-state index in [1.807, 2.05) is 25.7 Å². The van der Waals surface area contributed by atoms with Crippen LogP contribution < -0.4 is 0 Å². The molecule has 1 aromatic carbocycles.